The van der Waals surface area contributed by atoms with E-state index in [9.17, 15) is 0 Å². The van der Waals surface area contributed by atoms with Crippen LogP contribution in [0.1, 0.15) is 58.3 Å². The second kappa shape index (κ2) is 5.92. The first-order valence-corrected chi connectivity index (χ1v) is 8.29. The third kappa shape index (κ3) is 3.48. The minimum absolute atomic E-state index is 0.686. The van der Waals surface area contributed by atoms with Crippen LogP contribution in [0, 0.1) is 11.8 Å². The zero-order valence-electron chi connectivity index (χ0n) is 12.0. The predicted octanol–water partition coefficient (Wildman–Crippen LogP) is 3.03. The van der Waals surface area contributed by atoms with Gasteiger partial charge in [0.25, 0.3) is 0 Å². The minimum atomic E-state index is 0.686. The number of nitrogens with zero attached hydrogens (tertiary/aromatic N) is 1. The molecule has 1 saturated heterocycles. The first-order valence-electron chi connectivity index (χ1n) is 8.29. The summed E-state index contributed by atoms with van der Waals surface area (Å²) in [6.07, 6.45) is 11.8. The highest BCUT2D eigenvalue weighted by molar-refractivity contribution is 4.89. The van der Waals surface area contributed by atoms with Crippen molar-refractivity contribution in [1.82, 2.24) is 10.2 Å². The van der Waals surface area contributed by atoms with E-state index in [4.69, 9.17) is 0 Å². The third-order valence-electron chi connectivity index (χ3n) is 5.25. The molecule has 0 radical (unpaired) electrons. The van der Waals surface area contributed by atoms with Crippen LogP contribution in [0.15, 0.2) is 0 Å². The Bertz CT molecular complexity index is 256. The Morgan fingerprint density at radius 3 is 2.50 bits per heavy atom. The van der Waals surface area contributed by atoms with Gasteiger partial charge in [-0.3, -0.25) is 0 Å². The molecule has 3 aliphatic rings. The van der Waals surface area contributed by atoms with Gasteiger partial charge in [0, 0.05) is 18.6 Å². The molecular weight excluding hydrogens is 220 g/mol. The summed E-state index contributed by atoms with van der Waals surface area (Å²) in [5, 5.41) is 3.92. The van der Waals surface area contributed by atoms with Crippen molar-refractivity contribution in [2.75, 3.05) is 19.6 Å². The quantitative estimate of drug-likeness (QED) is 0.807. The molecule has 18 heavy (non-hydrogen) atoms. The lowest BCUT2D eigenvalue weighted by Gasteiger charge is -2.33. The van der Waals surface area contributed by atoms with Gasteiger partial charge in [-0.25, -0.2) is 0 Å². The molecule has 1 N–H and O–H groups in total. The van der Waals surface area contributed by atoms with Crippen LogP contribution in [0.5, 0.6) is 0 Å². The van der Waals surface area contributed by atoms with E-state index in [-0.39, 0.29) is 0 Å². The zero-order chi connectivity index (χ0) is 12.4. The van der Waals surface area contributed by atoms with Gasteiger partial charge in [0.15, 0.2) is 0 Å². The smallest absolute Gasteiger partial charge is 0.0169 e. The third-order valence-corrected chi connectivity index (χ3v) is 5.25. The largest absolute Gasteiger partial charge is 0.310 e. The summed E-state index contributed by atoms with van der Waals surface area (Å²) in [4.78, 5) is 2.64. The topological polar surface area (TPSA) is 15.3 Å². The standard InChI is InChI=1S/C16H30N2/c1-13(12-18-9-2-3-10-18)17-16-6-4-5-15(11-16)14-7-8-14/h13-17H,2-12H2,1H3. The van der Waals surface area contributed by atoms with Gasteiger partial charge in [0.1, 0.15) is 0 Å². The lowest BCUT2D eigenvalue weighted by atomic mass is 9.82. The highest BCUT2D eigenvalue weighted by Gasteiger charge is 2.34. The molecule has 2 aliphatic carbocycles. The van der Waals surface area contributed by atoms with Crippen LogP contribution in [0.2, 0.25) is 0 Å². The SMILES string of the molecule is CC(CN1CCCC1)NC1CCCC(C2CC2)C1. The molecule has 2 nitrogen and oxygen atoms in total. The molecule has 3 unspecified atom stereocenters. The van der Waals surface area contributed by atoms with E-state index in [2.05, 4.69) is 17.1 Å². The van der Waals surface area contributed by atoms with E-state index < -0.39 is 0 Å². The molecule has 2 saturated carbocycles. The maximum atomic E-state index is 3.92. The Labute approximate surface area is 113 Å². The summed E-state index contributed by atoms with van der Waals surface area (Å²) in [6, 6.07) is 1.51. The van der Waals surface area contributed by atoms with Crippen molar-refractivity contribution in [3.8, 4) is 0 Å². The normalized spacial score (nSPS) is 35.8. The summed E-state index contributed by atoms with van der Waals surface area (Å²) < 4.78 is 0. The zero-order valence-corrected chi connectivity index (χ0v) is 12.0. The predicted molar refractivity (Wildman–Crippen MR) is 76.7 cm³/mol. The maximum absolute atomic E-state index is 3.92. The van der Waals surface area contributed by atoms with Crippen molar-refractivity contribution >= 4 is 0 Å². The highest BCUT2D eigenvalue weighted by atomic mass is 15.2. The molecule has 0 amide bonds. The fraction of sp³-hybridized carbons (Fsp3) is 1.00. The van der Waals surface area contributed by atoms with E-state index in [1.165, 1.54) is 71.0 Å². The average Bonchev–Trinajstić information content (AvgIpc) is 3.09. The molecule has 1 aliphatic heterocycles. The van der Waals surface area contributed by atoms with Crippen LogP contribution in [-0.2, 0) is 0 Å². The van der Waals surface area contributed by atoms with E-state index in [1.54, 1.807) is 0 Å². The van der Waals surface area contributed by atoms with Crippen LogP contribution in [0.25, 0.3) is 0 Å². The Kier molecular flexibility index (Phi) is 4.25. The number of hydrogen-bond donors (Lipinski definition) is 1. The monoisotopic (exact) mass is 250 g/mol. The van der Waals surface area contributed by atoms with Crippen LogP contribution in [0.3, 0.4) is 0 Å². The molecule has 3 atom stereocenters. The van der Waals surface area contributed by atoms with Gasteiger partial charge in [0.2, 0.25) is 0 Å². The van der Waals surface area contributed by atoms with Crippen LogP contribution in [-0.4, -0.2) is 36.6 Å². The molecular formula is C16H30N2. The molecule has 0 bridgehead atoms. The van der Waals surface area contributed by atoms with Crippen LogP contribution < -0.4 is 5.32 Å². The lowest BCUT2D eigenvalue weighted by Crippen LogP contribution is -2.45. The Hall–Kier alpha value is -0.0800. The summed E-state index contributed by atoms with van der Waals surface area (Å²) in [5.41, 5.74) is 0. The van der Waals surface area contributed by atoms with E-state index in [0.717, 1.165) is 17.9 Å². The summed E-state index contributed by atoms with van der Waals surface area (Å²) in [6.45, 7) is 6.33. The molecule has 0 aromatic carbocycles. The molecule has 2 heteroatoms. The first kappa shape index (κ1) is 12.9. The first-order chi connectivity index (χ1) is 8.81. The lowest BCUT2D eigenvalue weighted by molar-refractivity contribution is 0.226. The molecule has 3 fully saturated rings. The Morgan fingerprint density at radius 1 is 1.00 bits per heavy atom. The van der Waals surface area contributed by atoms with Gasteiger partial charge in [-0.1, -0.05) is 12.8 Å². The van der Waals surface area contributed by atoms with Gasteiger partial charge < -0.3 is 10.2 Å². The van der Waals surface area contributed by atoms with Gasteiger partial charge >= 0.3 is 0 Å². The molecule has 104 valence electrons. The fourth-order valence-corrected chi connectivity index (χ4v) is 4.18. The second-order valence-electron chi connectivity index (χ2n) is 7.04. The summed E-state index contributed by atoms with van der Waals surface area (Å²) in [5.74, 6) is 2.18. The van der Waals surface area contributed by atoms with Crippen molar-refractivity contribution in [1.29, 1.82) is 0 Å². The van der Waals surface area contributed by atoms with Gasteiger partial charge in [-0.05, 0) is 70.4 Å². The van der Waals surface area contributed by atoms with Crippen molar-refractivity contribution < 1.29 is 0 Å². The summed E-state index contributed by atoms with van der Waals surface area (Å²) in [7, 11) is 0. The van der Waals surface area contributed by atoms with E-state index >= 15 is 0 Å². The van der Waals surface area contributed by atoms with Gasteiger partial charge in [0.05, 0.1) is 0 Å². The fourth-order valence-electron chi connectivity index (χ4n) is 4.18. The minimum Gasteiger partial charge on any atom is -0.310 e. The van der Waals surface area contributed by atoms with Crippen molar-refractivity contribution in [2.24, 2.45) is 11.8 Å². The van der Waals surface area contributed by atoms with Gasteiger partial charge in [-0.2, -0.15) is 0 Å². The number of hydrogen-bond acceptors (Lipinski definition) is 2. The maximum Gasteiger partial charge on any atom is 0.0169 e. The Morgan fingerprint density at radius 2 is 1.78 bits per heavy atom. The average molecular weight is 250 g/mol. The number of nitrogens with one attached hydrogen (secondary N) is 1. The molecule has 0 spiro atoms. The van der Waals surface area contributed by atoms with Crippen LogP contribution >= 0.6 is 0 Å². The molecule has 0 aromatic rings. The van der Waals surface area contributed by atoms with Crippen LogP contribution in [0.4, 0.5) is 0 Å². The molecule has 1 heterocycles. The molecule has 3 rings (SSSR count). The van der Waals surface area contributed by atoms with Gasteiger partial charge in [-0.15, -0.1) is 0 Å². The summed E-state index contributed by atoms with van der Waals surface area (Å²) >= 11 is 0. The van der Waals surface area contributed by atoms with Crippen molar-refractivity contribution in [3.63, 3.8) is 0 Å². The van der Waals surface area contributed by atoms with E-state index in [1.807, 2.05) is 0 Å². The number of rotatable bonds is 5. The van der Waals surface area contributed by atoms with Crippen molar-refractivity contribution in [3.05, 3.63) is 0 Å². The highest BCUT2D eigenvalue weighted by Crippen LogP contribution is 2.43. The second-order valence-corrected chi connectivity index (χ2v) is 7.04. The number of likely N-dealkylation sites (tertiary alicyclic amines) is 1. The Balaban J connectivity index is 1.40. The van der Waals surface area contributed by atoms with E-state index in [0.29, 0.717) is 6.04 Å². The van der Waals surface area contributed by atoms with Crippen molar-refractivity contribution in [2.45, 2.75) is 70.4 Å². The molecule has 0 aromatic heterocycles.